The van der Waals surface area contributed by atoms with Crippen molar-refractivity contribution in [3.05, 3.63) is 29.8 Å². The van der Waals surface area contributed by atoms with Crippen molar-refractivity contribution in [2.24, 2.45) is 17.8 Å². The summed E-state index contributed by atoms with van der Waals surface area (Å²) in [4.78, 5) is 0.250. The highest BCUT2D eigenvalue weighted by atomic mass is 32.2. The maximum atomic E-state index is 12.2. The van der Waals surface area contributed by atoms with Gasteiger partial charge in [-0.3, -0.25) is 0 Å². The standard InChI is InChI=1S/C16H20F3NS/c17-16(18,19)21-14-7-1-11(2-8-14)9-20-10-15(12-3-4-12)13-5-6-13/h1-2,7-8,12-13,15,20H,3-6,9-10H2. The second-order valence-corrected chi connectivity index (χ2v) is 7.30. The van der Waals surface area contributed by atoms with E-state index in [4.69, 9.17) is 0 Å². The third kappa shape index (κ3) is 4.92. The van der Waals surface area contributed by atoms with Gasteiger partial charge in [0.15, 0.2) is 0 Å². The van der Waals surface area contributed by atoms with Crippen LogP contribution < -0.4 is 5.32 Å². The number of nitrogens with one attached hydrogen (secondary N) is 1. The van der Waals surface area contributed by atoms with Crippen molar-refractivity contribution in [1.29, 1.82) is 0 Å². The van der Waals surface area contributed by atoms with Gasteiger partial charge in [-0.2, -0.15) is 13.2 Å². The summed E-state index contributed by atoms with van der Waals surface area (Å²) < 4.78 is 36.7. The van der Waals surface area contributed by atoms with Crippen LogP contribution in [-0.4, -0.2) is 12.1 Å². The maximum Gasteiger partial charge on any atom is 0.446 e. The van der Waals surface area contributed by atoms with Crippen molar-refractivity contribution < 1.29 is 13.2 Å². The van der Waals surface area contributed by atoms with E-state index in [-0.39, 0.29) is 16.7 Å². The van der Waals surface area contributed by atoms with E-state index in [9.17, 15) is 13.2 Å². The SMILES string of the molecule is FC(F)(F)Sc1ccc(CNCC(C2CC2)C2CC2)cc1. The molecule has 2 aliphatic rings. The second-order valence-electron chi connectivity index (χ2n) is 6.16. The Morgan fingerprint density at radius 1 is 1.05 bits per heavy atom. The van der Waals surface area contributed by atoms with E-state index in [2.05, 4.69) is 5.32 Å². The first kappa shape index (κ1) is 15.2. The number of alkyl halides is 3. The highest BCUT2D eigenvalue weighted by Crippen LogP contribution is 2.48. The molecule has 0 spiro atoms. The van der Waals surface area contributed by atoms with Gasteiger partial charge in [0.05, 0.1) is 0 Å². The van der Waals surface area contributed by atoms with Crippen molar-refractivity contribution in [1.82, 2.24) is 5.32 Å². The molecule has 3 rings (SSSR count). The molecule has 2 saturated carbocycles. The number of hydrogen-bond donors (Lipinski definition) is 1. The average Bonchev–Trinajstić information content (AvgIpc) is 3.27. The molecule has 0 bridgehead atoms. The number of thioether (sulfide) groups is 1. The summed E-state index contributed by atoms with van der Waals surface area (Å²) in [6.45, 7) is 1.79. The zero-order chi connectivity index (χ0) is 14.9. The lowest BCUT2D eigenvalue weighted by Crippen LogP contribution is -2.25. The fourth-order valence-electron chi connectivity index (χ4n) is 2.96. The van der Waals surface area contributed by atoms with Crippen LogP contribution in [0.2, 0.25) is 0 Å². The summed E-state index contributed by atoms with van der Waals surface area (Å²) in [5, 5.41) is 3.48. The van der Waals surface area contributed by atoms with E-state index in [0.717, 1.165) is 36.4 Å². The number of hydrogen-bond acceptors (Lipinski definition) is 2. The maximum absolute atomic E-state index is 12.2. The summed E-state index contributed by atoms with van der Waals surface area (Å²) >= 11 is -0.0579. The van der Waals surface area contributed by atoms with Crippen molar-refractivity contribution >= 4 is 11.8 Å². The Labute approximate surface area is 127 Å². The van der Waals surface area contributed by atoms with Gasteiger partial charge in [-0.15, -0.1) is 0 Å². The van der Waals surface area contributed by atoms with Crippen molar-refractivity contribution in [3.8, 4) is 0 Å². The molecule has 1 aromatic carbocycles. The van der Waals surface area contributed by atoms with Crippen LogP contribution >= 0.6 is 11.8 Å². The predicted molar refractivity (Wildman–Crippen MR) is 79.0 cm³/mol. The van der Waals surface area contributed by atoms with Gasteiger partial charge in [0.25, 0.3) is 0 Å². The van der Waals surface area contributed by atoms with Crippen molar-refractivity contribution in [2.45, 2.75) is 42.6 Å². The first-order chi connectivity index (χ1) is 10.0. The van der Waals surface area contributed by atoms with Gasteiger partial charge >= 0.3 is 5.51 Å². The third-order valence-electron chi connectivity index (χ3n) is 4.32. The predicted octanol–water partition coefficient (Wildman–Crippen LogP) is 4.82. The molecular weight excluding hydrogens is 295 g/mol. The molecule has 0 saturated heterocycles. The van der Waals surface area contributed by atoms with Crippen LogP contribution in [0.5, 0.6) is 0 Å². The fraction of sp³-hybridized carbons (Fsp3) is 0.625. The Morgan fingerprint density at radius 3 is 2.10 bits per heavy atom. The molecule has 0 atom stereocenters. The number of rotatable bonds is 7. The molecule has 0 aromatic heterocycles. The summed E-state index contributed by atoms with van der Waals surface area (Å²) in [6, 6.07) is 6.66. The quantitative estimate of drug-likeness (QED) is 0.724. The Morgan fingerprint density at radius 2 is 1.62 bits per heavy atom. The van der Waals surface area contributed by atoms with Crippen LogP contribution in [0.25, 0.3) is 0 Å². The van der Waals surface area contributed by atoms with E-state index in [1.165, 1.54) is 25.7 Å². The van der Waals surface area contributed by atoms with E-state index in [1.54, 1.807) is 24.3 Å². The van der Waals surface area contributed by atoms with Gasteiger partial charge in [-0.05, 0) is 79.4 Å². The highest BCUT2D eigenvalue weighted by Gasteiger charge is 2.40. The topological polar surface area (TPSA) is 12.0 Å². The molecule has 1 aromatic rings. The lowest BCUT2D eigenvalue weighted by molar-refractivity contribution is -0.0328. The molecule has 0 aliphatic heterocycles. The molecule has 0 heterocycles. The van der Waals surface area contributed by atoms with Crippen LogP contribution in [0.1, 0.15) is 31.2 Å². The normalized spacial score (nSPS) is 19.2. The van der Waals surface area contributed by atoms with E-state index >= 15 is 0 Å². The Balaban J connectivity index is 1.44. The third-order valence-corrected chi connectivity index (χ3v) is 5.06. The van der Waals surface area contributed by atoms with E-state index < -0.39 is 5.51 Å². The molecule has 0 amide bonds. The minimum atomic E-state index is -4.21. The monoisotopic (exact) mass is 315 g/mol. The average molecular weight is 315 g/mol. The van der Waals surface area contributed by atoms with Crippen LogP contribution in [-0.2, 0) is 6.54 Å². The summed E-state index contributed by atoms with van der Waals surface area (Å²) in [5.74, 6) is 2.68. The molecule has 1 nitrogen and oxygen atoms in total. The summed E-state index contributed by atoms with van der Waals surface area (Å²) in [5.41, 5.74) is -3.16. The van der Waals surface area contributed by atoms with Crippen LogP contribution in [0.15, 0.2) is 29.2 Å². The van der Waals surface area contributed by atoms with E-state index in [0.29, 0.717) is 0 Å². The molecule has 2 fully saturated rings. The van der Waals surface area contributed by atoms with Gasteiger partial charge in [0.1, 0.15) is 0 Å². The van der Waals surface area contributed by atoms with Gasteiger partial charge < -0.3 is 5.32 Å². The Kier molecular flexibility index (Phi) is 4.50. The zero-order valence-corrected chi connectivity index (χ0v) is 12.6. The van der Waals surface area contributed by atoms with Gasteiger partial charge in [-0.1, -0.05) is 12.1 Å². The number of halogens is 3. The molecule has 0 unspecified atom stereocenters. The molecule has 21 heavy (non-hydrogen) atoms. The molecule has 2 aliphatic carbocycles. The number of benzene rings is 1. The minimum Gasteiger partial charge on any atom is -0.312 e. The van der Waals surface area contributed by atoms with Gasteiger partial charge in [0, 0.05) is 11.4 Å². The lowest BCUT2D eigenvalue weighted by Gasteiger charge is -2.16. The second kappa shape index (κ2) is 6.21. The van der Waals surface area contributed by atoms with Crippen molar-refractivity contribution in [3.63, 3.8) is 0 Å². The Hall–Kier alpha value is -0.680. The Bertz CT molecular complexity index is 451. The fourth-order valence-corrected chi connectivity index (χ4v) is 3.50. The molecule has 1 N–H and O–H groups in total. The van der Waals surface area contributed by atoms with E-state index in [1.807, 2.05) is 0 Å². The smallest absolute Gasteiger partial charge is 0.312 e. The summed E-state index contributed by atoms with van der Waals surface area (Å²) in [6.07, 6.45) is 5.52. The zero-order valence-electron chi connectivity index (χ0n) is 11.8. The molecule has 5 heteroatoms. The first-order valence-electron chi connectivity index (χ1n) is 7.57. The largest absolute Gasteiger partial charge is 0.446 e. The highest BCUT2D eigenvalue weighted by molar-refractivity contribution is 8.00. The van der Waals surface area contributed by atoms with Crippen LogP contribution in [0.4, 0.5) is 13.2 Å². The molecule has 0 radical (unpaired) electrons. The summed E-state index contributed by atoms with van der Waals surface area (Å²) in [7, 11) is 0. The molecule has 116 valence electrons. The van der Waals surface area contributed by atoms with Crippen LogP contribution in [0.3, 0.4) is 0 Å². The minimum absolute atomic E-state index is 0.0579. The van der Waals surface area contributed by atoms with Crippen LogP contribution in [0, 0.1) is 17.8 Å². The molecular formula is C16H20F3NS. The van der Waals surface area contributed by atoms with Crippen molar-refractivity contribution in [2.75, 3.05) is 6.54 Å². The van der Waals surface area contributed by atoms with Gasteiger partial charge in [-0.25, -0.2) is 0 Å². The lowest BCUT2D eigenvalue weighted by atomic mass is 9.98. The van der Waals surface area contributed by atoms with Gasteiger partial charge in [0.2, 0.25) is 0 Å². The first-order valence-corrected chi connectivity index (χ1v) is 8.38.